The minimum atomic E-state index is -0.214. The smallest absolute Gasteiger partial charge is 0.262 e. The number of aromatic nitrogens is 1. The maximum absolute atomic E-state index is 11.9. The molecule has 0 fully saturated rings. The Hall–Kier alpha value is -2.60. The number of nitrogens with zero attached hydrogens (tertiary/aromatic N) is 2. The first-order chi connectivity index (χ1) is 12.0. The molecule has 0 aliphatic carbocycles. The summed E-state index contributed by atoms with van der Waals surface area (Å²) in [5.74, 6) is 1.26. The van der Waals surface area contributed by atoms with Crippen molar-refractivity contribution in [3.8, 4) is 5.75 Å². The lowest BCUT2D eigenvalue weighted by atomic mass is 10.2. The van der Waals surface area contributed by atoms with Crippen molar-refractivity contribution >= 4 is 17.4 Å². The van der Waals surface area contributed by atoms with Crippen LogP contribution in [0.25, 0.3) is 0 Å². The van der Waals surface area contributed by atoms with Crippen molar-refractivity contribution in [3.05, 3.63) is 48.2 Å². The molecule has 1 aromatic carbocycles. The molecule has 1 amide bonds. The third kappa shape index (κ3) is 7.22. The Labute approximate surface area is 149 Å². The van der Waals surface area contributed by atoms with Gasteiger partial charge in [-0.3, -0.25) is 4.79 Å². The Bertz CT molecular complexity index is 654. The first kappa shape index (κ1) is 18.7. The van der Waals surface area contributed by atoms with E-state index in [0.717, 1.165) is 30.9 Å². The average molecular weight is 342 g/mol. The van der Waals surface area contributed by atoms with Crippen molar-refractivity contribution < 1.29 is 9.53 Å². The van der Waals surface area contributed by atoms with Gasteiger partial charge in [0.15, 0.2) is 6.61 Å². The van der Waals surface area contributed by atoms with Gasteiger partial charge in [-0.25, -0.2) is 4.98 Å². The summed E-state index contributed by atoms with van der Waals surface area (Å²) in [6.45, 7) is 3.86. The lowest BCUT2D eigenvalue weighted by Crippen LogP contribution is -2.20. The van der Waals surface area contributed by atoms with Gasteiger partial charge in [-0.05, 0) is 58.3 Å². The fraction of sp³-hybridized carbons (Fsp3) is 0.368. The van der Waals surface area contributed by atoms with E-state index in [2.05, 4.69) is 34.6 Å². The third-order valence-corrected chi connectivity index (χ3v) is 3.53. The molecule has 6 heteroatoms. The van der Waals surface area contributed by atoms with Crippen molar-refractivity contribution in [1.82, 2.24) is 9.88 Å². The second-order valence-corrected chi connectivity index (χ2v) is 6.17. The first-order valence-electron chi connectivity index (χ1n) is 8.37. The van der Waals surface area contributed by atoms with E-state index < -0.39 is 0 Å². The van der Waals surface area contributed by atoms with Crippen LogP contribution >= 0.6 is 0 Å². The highest BCUT2D eigenvalue weighted by atomic mass is 16.5. The molecule has 2 N–H and O–H groups in total. The van der Waals surface area contributed by atoms with Crippen LogP contribution in [-0.2, 0) is 4.79 Å². The van der Waals surface area contributed by atoms with Crippen LogP contribution in [0.5, 0.6) is 5.75 Å². The number of aryl methyl sites for hydroxylation is 1. The van der Waals surface area contributed by atoms with Gasteiger partial charge in [-0.15, -0.1) is 0 Å². The summed E-state index contributed by atoms with van der Waals surface area (Å²) in [4.78, 5) is 18.4. The van der Waals surface area contributed by atoms with Gasteiger partial charge in [0, 0.05) is 6.54 Å². The Morgan fingerprint density at radius 3 is 2.56 bits per heavy atom. The summed E-state index contributed by atoms with van der Waals surface area (Å²) in [6.07, 6.45) is 2.68. The Kier molecular flexibility index (Phi) is 7.22. The van der Waals surface area contributed by atoms with Crippen molar-refractivity contribution in [3.63, 3.8) is 0 Å². The molecule has 0 aliphatic rings. The maximum atomic E-state index is 11.9. The van der Waals surface area contributed by atoms with E-state index in [0.29, 0.717) is 11.4 Å². The number of benzene rings is 1. The van der Waals surface area contributed by atoms with E-state index in [9.17, 15) is 4.79 Å². The highest BCUT2D eigenvalue weighted by Gasteiger charge is 2.04. The van der Waals surface area contributed by atoms with Crippen molar-refractivity contribution in [1.29, 1.82) is 0 Å². The Balaban J connectivity index is 1.72. The SMILES string of the molecule is Cc1ccc(OCC(=O)Nc2ccc(NCCCN(C)C)nc2)cc1. The van der Waals surface area contributed by atoms with Crippen LogP contribution in [0.2, 0.25) is 0 Å². The Morgan fingerprint density at radius 1 is 1.16 bits per heavy atom. The molecule has 0 saturated carbocycles. The molecule has 0 saturated heterocycles. The highest BCUT2D eigenvalue weighted by molar-refractivity contribution is 5.91. The van der Waals surface area contributed by atoms with Crippen LogP contribution in [0.15, 0.2) is 42.6 Å². The molecular weight excluding hydrogens is 316 g/mol. The largest absolute Gasteiger partial charge is 0.484 e. The molecule has 0 radical (unpaired) electrons. The molecule has 1 heterocycles. The zero-order valence-corrected chi connectivity index (χ0v) is 15.1. The minimum absolute atomic E-state index is 0.0341. The van der Waals surface area contributed by atoms with Crippen molar-refractivity contribution in [2.24, 2.45) is 0 Å². The van der Waals surface area contributed by atoms with Gasteiger partial charge in [0.2, 0.25) is 0 Å². The van der Waals surface area contributed by atoms with E-state index in [-0.39, 0.29) is 12.5 Å². The summed E-state index contributed by atoms with van der Waals surface area (Å²) >= 11 is 0. The topological polar surface area (TPSA) is 66.5 Å². The van der Waals surface area contributed by atoms with Crippen LogP contribution < -0.4 is 15.4 Å². The average Bonchev–Trinajstić information content (AvgIpc) is 2.59. The van der Waals surface area contributed by atoms with Gasteiger partial charge in [0.05, 0.1) is 11.9 Å². The number of hydrogen-bond donors (Lipinski definition) is 2. The molecule has 1 aromatic heterocycles. The van der Waals surface area contributed by atoms with E-state index in [1.165, 1.54) is 0 Å². The molecular formula is C19H26N4O2. The molecule has 25 heavy (non-hydrogen) atoms. The van der Waals surface area contributed by atoms with Gasteiger partial charge in [0.1, 0.15) is 11.6 Å². The van der Waals surface area contributed by atoms with Crippen LogP contribution in [-0.4, -0.2) is 49.6 Å². The third-order valence-electron chi connectivity index (χ3n) is 3.53. The monoisotopic (exact) mass is 342 g/mol. The van der Waals surface area contributed by atoms with E-state index >= 15 is 0 Å². The predicted molar refractivity (Wildman–Crippen MR) is 101 cm³/mol. The second-order valence-electron chi connectivity index (χ2n) is 6.17. The van der Waals surface area contributed by atoms with Gasteiger partial charge in [-0.2, -0.15) is 0 Å². The molecule has 0 atom stereocenters. The molecule has 2 aromatic rings. The number of hydrogen-bond acceptors (Lipinski definition) is 5. The van der Waals surface area contributed by atoms with Crippen LogP contribution in [0.3, 0.4) is 0 Å². The Morgan fingerprint density at radius 2 is 1.92 bits per heavy atom. The fourth-order valence-electron chi connectivity index (χ4n) is 2.16. The van der Waals surface area contributed by atoms with E-state index in [1.54, 1.807) is 6.20 Å². The lowest BCUT2D eigenvalue weighted by Gasteiger charge is -2.11. The number of pyridine rings is 1. The number of carbonyl (C=O) groups is 1. The van der Waals surface area contributed by atoms with Crippen LogP contribution in [0.1, 0.15) is 12.0 Å². The maximum Gasteiger partial charge on any atom is 0.262 e. The number of anilines is 2. The summed E-state index contributed by atoms with van der Waals surface area (Å²) in [6, 6.07) is 11.3. The zero-order valence-electron chi connectivity index (χ0n) is 15.1. The molecule has 6 nitrogen and oxygen atoms in total. The molecule has 0 spiro atoms. The van der Waals surface area contributed by atoms with Crippen molar-refractivity contribution in [2.45, 2.75) is 13.3 Å². The van der Waals surface area contributed by atoms with E-state index in [1.807, 2.05) is 43.3 Å². The second kappa shape index (κ2) is 9.64. The molecule has 134 valence electrons. The summed E-state index contributed by atoms with van der Waals surface area (Å²) in [5.41, 5.74) is 1.80. The number of rotatable bonds is 9. The fourth-order valence-corrected chi connectivity index (χ4v) is 2.16. The standard InChI is InChI=1S/C19H26N4O2/c1-15-5-8-17(9-6-15)25-14-19(24)22-16-7-10-18(21-13-16)20-11-4-12-23(2)3/h5-10,13H,4,11-12,14H2,1-3H3,(H,20,21)(H,22,24). The first-order valence-corrected chi connectivity index (χ1v) is 8.37. The van der Waals surface area contributed by atoms with Crippen molar-refractivity contribution in [2.75, 3.05) is 44.4 Å². The summed E-state index contributed by atoms with van der Waals surface area (Å²) < 4.78 is 5.45. The predicted octanol–water partition coefficient (Wildman–Crippen LogP) is 2.77. The quantitative estimate of drug-likeness (QED) is 0.686. The van der Waals surface area contributed by atoms with Crippen LogP contribution in [0.4, 0.5) is 11.5 Å². The van der Waals surface area contributed by atoms with Gasteiger partial charge in [0.25, 0.3) is 5.91 Å². The summed E-state index contributed by atoms with van der Waals surface area (Å²) in [5, 5.41) is 6.03. The van der Waals surface area contributed by atoms with Gasteiger partial charge in [-0.1, -0.05) is 17.7 Å². The molecule has 2 rings (SSSR count). The highest BCUT2D eigenvalue weighted by Crippen LogP contribution is 2.12. The minimum Gasteiger partial charge on any atom is -0.484 e. The van der Waals surface area contributed by atoms with E-state index in [4.69, 9.17) is 4.74 Å². The lowest BCUT2D eigenvalue weighted by molar-refractivity contribution is -0.118. The number of ether oxygens (including phenoxy) is 1. The number of nitrogens with one attached hydrogen (secondary N) is 2. The number of carbonyl (C=O) groups excluding carboxylic acids is 1. The summed E-state index contributed by atoms with van der Waals surface area (Å²) in [7, 11) is 4.11. The molecule has 0 bridgehead atoms. The normalized spacial score (nSPS) is 10.6. The zero-order chi connectivity index (χ0) is 18.1. The van der Waals surface area contributed by atoms with Gasteiger partial charge >= 0.3 is 0 Å². The van der Waals surface area contributed by atoms with Crippen LogP contribution in [0, 0.1) is 6.92 Å². The number of amides is 1. The molecule has 0 aliphatic heterocycles. The molecule has 0 unspecified atom stereocenters. The van der Waals surface area contributed by atoms with Gasteiger partial charge < -0.3 is 20.3 Å².